The van der Waals surface area contributed by atoms with Crippen molar-refractivity contribution in [2.75, 3.05) is 5.32 Å². The van der Waals surface area contributed by atoms with Crippen LogP contribution in [-0.4, -0.2) is 11.8 Å². The van der Waals surface area contributed by atoms with E-state index in [1.165, 1.54) is 22.7 Å². The van der Waals surface area contributed by atoms with E-state index in [0.29, 0.717) is 15.4 Å². The summed E-state index contributed by atoms with van der Waals surface area (Å²) in [7, 11) is 0. The third-order valence-electron chi connectivity index (χ3n) is 1.98. The second kappa shape index (κ2) is 4.99. The molecule has 3 N–H and O–H groups in total. The molecule has 0 atom stereocenters. The maximum Gasteiger partial charge on any atom is 0.267 e. The van der Waals surface area contributed by atoms with E-state index in [1.807, 2.05) is 5.38 Å². The molecular weight excluding hydrogens is 324 g/mol. The van der Waals surface area contributed by atoms with E-state index in [1.54, 1.807) is 17.5 Å². The first kappa shape index (κ1) is 12.3. The van der Waals surface area contributed by atoms with Crippen LogP contribution < -0.4 is 11.1 Å². The minimum Gasteiger partial charge on any atom is -0.366 e. The molecule has 0 saturated heterocycles. The van der Waals surface area contributed by atoms with Gasteiger partial charge in [0, 0.05) is 4.47 Å². The Hall–Kier alpha value is -1.18. The number of rotatable bonds is 3. The number of nitrogens with one attached hydrogen (secondary N) is 1. The van der Waals surface area contributed by atoms with Gasteiger partial charge in [-0.05, 0) is 38.8 Å². The van der Waals surface area contributed by atoms with Crippen molar-refractivity contribution in [3.63, 3.8) is 0 Å². The van der Waals surface area contributed by atoms with E-state index < -0.39 is 5.91 Å². The number of hydrogen-bond acceptors (Lipinski definition) is 4. The molecule has 7 heteroatoms. The van der Waals surface area contributed by atoms with Gasteiger partial charge in [0.1, 0.15) is 9.88 Å². The molecule has 2 aromatic rings. The molecule has 17 heavy (non-hydrogen) atoms. The average molecular weight is 331 g/mol. The minimum atomic E-state index is -0.549. The molecule has 0 aromatic carbocycles. The number of carbonyl (C=O) groups excluding carboxylic acids is 2. The van der Waals surface area contributed by atoms with Crippen LogP contribution in [0.2, 0.25) is 0 Å². The number of nitrogens with two attached hydrogens (primary N) is 1. The predicted octanol–water partition coefficient (Wildman–Crippen LogP) is 2.92. The third-order valence-corrected chi connectivity index (χ3v) is 4.65. The fourth-order valence-corrected chi connectivity index (χ4v) is 3.45. The molecule has 0 aliphatic heterocycles. The van der Waals surface area contributed by atoms with E-state index in [9.17, 15) is 9.59 Å². The smallest absolute Gasteiger partial charge is 0.267 e. The fourth-order valence-electron chi connectivity index (χ4n) is 1.22. The van der Waals surface area contributed by atoms with Crippen molar-refractivity contribution in [3.05, 3.63) is 37.8 Å². The van der Waals surface area contributed by atoms with Gasteiger partial charge in [0.25, 0.3) is 11.8 Å². The van der Waals surface area contributed by atoms with Crippen molar-refractivity contribution < 1.29 is 9.59 Å². The van der Waals surface area contributed by atoms with Crippen LogP contribution in [0.15, 0.2) is 27.4 Å². The number of primary amides is 1. The molecule has 0 radical (unpaired) electrons. The van der Waals surface area contributed by atoms with E-state index in [-0.39, 0.29) is 5.91 Å². The first-order chi connectivity index (χ1) is 8.09. The van der Waals surface area contributed by atoms with Crippen LogP contribution >= 0.6 is 38.6 Å². The summed E-state index contributed by atoms with van der Waals surface area (Å²) in [4.78, 5) is 23.5. The minimum absolute atomic E-state index is 0.253. The molecule has 88 valence electrons. The van der Waals surface area contributed by atoms with Gasteiger partial charge in [0.2, 0.25) is 0 Å². The monoisotopic (exact) mass is 330 g/mol. The van der Waals surface area contributed by atoms with Gasteiger partial charge in [0.05, 0.1) is 5.56 Å². The Labute approximate surface area is 114 Å². The fraction of sp³-hybridized carbons (Fsp3) is 0. The van der Waals surface area contributed by atoms with Gasteiger partial charge in [-0.25, -0.2) is 0 Å². The van der Waals surface area contributed by atoms with Crippen molar-refractivity contribution in [2.24, 2.45) is 5.73 Å². The second-order valence-electron chi connectivity index (χ2n) is 3.08. The molecule has 0 saturated carbocycles. The summed E-state index contributed by atoms with van der Waals surface area (Å²) in [5.74, 6) is -0.802. The lowest BCUT2D eigenvalue weighted by Crippen LogP contribution is -2.16. The zero-order chi connectivity index (χ0) is 12.4. The second-order valence-corrected chi connectivity index (χ2v) is 5.77. The maximum atomic E-state index is 11.9. The summed E-state index contributed by atoms with van der Waals surface area (Å²) in [6, 6.07) is 3.38. The highest BCUT2D eigenvalue weighted by Gasteiger charge is 2.16. The zero-order valence-electron chi connectivity index (χ0n) is 8.40. The predicted molar refractivity (Wildman–Crippen MR) is 72.8 cm³/mol. The van der Waals surface area contributed by atoms with Crippen molar-refractivity contribution in [2.45, 2.75) is 0 Å². The highest BCUT2D eigenvalue weighted by Crippen LogP contribution is 2.27. The van der Waals surface area contributed by atoms with Crippen LogP contribution in [0.5, 0.6) is 0 Å². The van der Waals surface area contributed by atoms with Crippen LogP contribution in [-0.2, 0) is 0 Å². The first-order valence-electron chi connectivity index (χ1n) is 4.51. The van der Waals surface area contributed by atoms with E-state index in [2.05, 4.69) is 21.2 Å². The van der Waals surface area contributed by atoms with Gasteiger partial charge in [-0.15, -0.1) is 22.7 Å². The first-order valence-corrected chi connectivity index (χ1v) is 7.06. The Bertz CT molecular complexity index is 576. The molecule has 2 heterocycles. The SMILES string of the molecule is NC(=O)c1ccsc1NC(=O)c1sccc1Br. The third kappa shape index (κ3) is 2.56. The Balaban J connectivity index is 2.22. The molecule has 0 bridgehead atoms. The largest absolute Gasteiger partial charge is 0.366 e. The summed E-state index contributed by atoms with van der Waals surface area (Å²) in [6.07, 6.45) is 0. The van der Waals surface area contributed by atoms with Gasteiger partial charge in [-0.3, -0.25) is 9.59 Å². The van der Waals surface area contributed by atoms with Gasteiger partial charge < -0.3 is 11.1 Å². The molecule has 2 amide bonds. The van der Waals surface area contributed by atoms with E-state index in [4.69, 9.17) is 5.73 Å². The summed E-state index contributed by atoms with van der Waals surface area (Å²) >= 11 is 5.87. The quantitative estimate of drug-likeness (QED) is 0.908. The standard InChI is InChI=1S/C10H7BrN2O2S2/c11-6-2-4-16-7(6)9(15)13-10-5(8(12)14)1-3-17-10/h1-4H,(H2,12,14)(H,13,15). The van der Waals surface area contributed by atoms with Gasteiger partial charge in [-0.1, -0.05) is 0 Å². The Morgan fingerprint density at radius 1 is 1.24 bits per heavy atom. The number of halogens is 1. The summed E-state index contributed by atoms with van der Waals surface area (Å²) in [6.45, 7) is 0. The lowest BCUT2D eigenvalue weighted by Gasteiger charge is -2.03. The Morgan fingerprint density at radius 2 is 1.94 bits per heavy atom. The number of anilines is 1. The summed E-state index contributed by atoms with van der Waals surface area (Å²) in [5, 5.41) is 6.66. The maximum absolute atomic E-state index is 11.9. The molecule has 0 aliphatic rings. The molecular formula is C10H7BrN2O2S2. The number of carbonyl (C=O) groups is 2. The molecule has 0 spiro atoms. The molecule has 0 fully saturated rings. The van der Waals surface area contributed by atoms with E-state index in [0.717, 1.165) is 4.47 Å². The van der Waals surface area contributed by atoms with Gasteiger partial charge in [-0.2, -0.15) is 0 Å². The van der Waals surface area contributed by atoms with Crippen LogP contribution in [0.25, 0.3) is 0 Å². The highest BCUT2D eigenvalue weighted by atomic mass is 79.9. The van der Waals surface area contributed by atoms with Crippen LogP contribution in [0.3, 0.4) is 0 Å². The molecule has 2 rings (SSSR count). The van der Waals surface area contributed by atoms with E-state index >= 15 is 0 Å². The van der Waals surface area contributed by atoms with Gasteiger partial charge >= 0.3 is 0 Å². The van der Waals surface area contributed by atoms with Crippen LogP contribution in [0, 0.1) is 0 Å². The topological polar surface area (TPSA) is 72.2 Å². The lowest BCUT2D eigenvalue weighted by molar-refractivity contribution is 0.100. The summed E-state index contributed by atoms with van der Waals surface area (Å²) in [5.41, 5.74) is 5.52. The molecule has 0 aliphatic carbocycles. The average Bonchev–Trinajstić information content (AvgIpc) is 2.86. The highest BCUT2D eigenvalue weighted by molar-refractivity contribution is 9.10. The molecule has 2 aromatic heterocycles. The lowest BCUT2D eigenvalue weighted by atomic mass is 10.3. The molecule has 0 unspecified atom stereocenters. The van der Waals surface area contributed by atoms with Crippen molar-refractivity contribution >= 4 is 55.4 Å². The summed E-state index contributed by atoms with van der Waals surface area (Å²) < 4.78 is 0.734. The number of thiophene rings is 2. The Morgan fingerprint density at radius 3 is 2.53 bits per heavy atom. The van der Waals surface area contributed by atoms with Crippen LogP contribution in [0.4, 0.5) is 5.00 Å². The van der Waals surface area contributed by atoms with Gasteiger partial charge in [0.15, 0.2) is 0 Å². The molecule has 4 nitrogen and oxygen atoms in total. The van der Waals surface area contributed by atoms with Crippen LogP contribution in [0.1, 0.15) is 20.0 Å². The normalized spacial score (nSPS) is 10.2. The zero-order valence-corrected chi connectivity index (χ0v) is 11.6. The Kier molecular flexibility index (Phi) is 3.60. The van der Waals surface area contributed by atoms with Crippen molar-refractivity contribution in [3.8, 4) is 0 Å². The van der Waals surface area contributed by atoms with Crippen molar-refractivity contribution in [1.82, 2.24) is 0 Å². The number of hydrogen-bond donors (Lipinski definition) is 2. The van der Waals surface area contributed by atoms with Crippen molar-refractivity contribution in [1.29, 1.82) is 0 Å². The number of amides is 2.